The first-order valence-electron chi connectivity index (χ1n) is 6.97. The Morgan fingerprint density at radius 2 is 1.92 bits per heavy atom. The highest BCUT2D eigenvalue weighted by molar-refractivity contribution is 6.33. The van der Waals surface area contributed by atoms with Crippen LogP contribution in [0.15, 0.2) is 36.4 Å². The fraction of sp³-hybridized carbons (Fsp3) is 0.176. The number of Topliss-reactive ketones (excluding diaryl/α,β-unsaturated/α-hetero) is 1. The van der Waals surface area contributed by atoms with E-state index in [0.717, 1.165) is 6.07 Å². The van der Waals surface area contributed by atoms with Crippen molar-refractivity contribution in [2.24, 2.45) is 0 Å². The second-order valence-corrected chi connectivity index (χ2v) is 5.29. The number of anilines is 1. The lowest BCUT2D eigenvalue weighted by Crippen LogP contribution is -2.20. The lowest BCUT2D eigenvalue weighted by atomic mass is 10.1. The minimum Gasteiger partial charge on any atom is -0.493 e. The van der Waals surface area contributed by atoms with Gasteiger partial charge in [0, 0.05) is 5.56 Å². The first-order valence-corrected chi connectivity index (χ1v) is 7.35. The third kappa shape index (κ3) is 4.45. The van der Waals surface area contributed by atoms with Crippen molar-refractivity contribution in [1.82, 2.24) is 0 Å². The van der Waals surface area contributed by atoms with Crippen LogP contribution in [0.1, 0.15) is 17.3 Å². The summed E-state index contributed by atoms with van der Waals surface area (Å²) in [6, 6.07) is 8.31. The van der Waals surface area contributed by atoms with E-state index >= 15 is 0 Å². The van der Waals surface area contributed by atoms with Gasteiger partial charge in [-0.15, -0.1) is 0 Å². The maximum absolute atomic E-state index is 13.0. The summed E-state index contributed by atoms with van der Waals surface area (Å²) in [5.41, 5.74) is 0.757. The third-order valence-corrected chi connectivity index (χ3v) is 3.45. The molecule has 2 aromatic rings. The number of halogens is 2. The number of carbonyl (C=O) groups excluding carboxylic acids is 2. The van der Waals surface area contributed by atoms with Gasteiger partial charge in [0.15, 0.2) is 23.9 Å². The van der Waals surface area contributed by atoms with Crippen LogP contribution in [-0.4, -0.2) is 25.4 Å². The molecule has 0 saturated carbocycles. The Morgan fingerprint density at radius 3 is 2.54 bits per heavy atom. The summed E-state index contributed by atoms with van der Waals surface area (Å²) in [4.78, 5) is 23.3. The van der Waals surface area contributed by atoms with E-state index in [1.54, 1.807) is 12.1 Å². The Hall–Kier alpha value is -2.60. The molecule has 0 spiro atoms. The molecule has 2 aromatic carbocycles. The van der Waals surface area contributed by atoms with Gasteiger partial charge in [0.1, 0.15) is 5.82 Å². The minimum atomic E-state index is -0.496. The Labute approximate surface area is 143 Å². The van der Waals surface area contributed by atoms with Gasteiger partial charge in [0.05, 0.1) is 17.8 Å². The molecule has 0 bridgehead atoms. The van der Waals surface area contributed by atoms with E-state index in [2.05, 4.69) is 5.32 Å². The Kier molecular flexibility index (Phi) is 5.76. The summed E-state index contributed by atoms with van der Waals surface area (Å²) >= 11 is 5.84. The van der Waals surface area contributed by atoms with Gasteiger partial charge in [-0.1, -0.05) is 11.6 Å². The fourth-order valence-corrected chi connectivity index (χ4v) is 2.14. The smallest absolute Gasteiger partial charge is 0.262 e. The molecule has 1 amide bonds. The maximum Gasteiger partial charge on any atom is 0.262 e. The molecule has 0 fully saturated rings. The van der Waals surface area contributed by atoms with E-state index in [0.29, 0.717) is 17.1 Å². The zero-order valence-corrected chi connectivity index (χ0v) is 13.8. The average Bonchev–Trinajstić information content (AvgIpc) is 2.55. The molecule has 126 valence electrons. The SMILES string of the molecule is COc1cc(C(C)=O)ccc1OCC(=O)Nc1ccc(F)cc1Cl. The second kappa shape index (κ2) is 7.79. The van der Waals surface area contributed by atoms with Crippen LogP contribution in [0.2, 0.25) is 5.02 Å². The Balaban J connectivity index is 2.02. The fourth-order valence-electron chi connectivity index (χ4n) is 1.93. The molecule has 24 heavy (non-hydrogen) atoms. The first kappa shape index (κ1) is 17.7. The van der Waals surface area contributed by atoms with Gasteiger partial charge >= 0.3 is 0 Å². The Bertz CT molecular complexity index is 779. The van der Waals surface area contributed by atoms with E-state index in [1.165, 1.54) is 32.2 Å². The van der Waals surface area contributed by atoms with Gasteiger partial charge < -0.3 is 14.8 Å². The molecule has 0 heterocycles. The summed E-state index contributed by atoms with van der Waals surface area (Å²) in [6.07, 6.45) is 0. The maximum atomic E-state index is 13.0. The molecule has 0 aliphatic heterocycles. The number of nitrogens with one attached hydrogen (secondary N) is 1. The van der Waals surface area contributed by atoms with Crippen LogP contribution in [0.25, 0.3) is 0 Å². The molecular weight excluding hydrogens is 337 g/mol. The van der Waals surface area contributed by atoms with Crippen LogP contribution in [0.4, 0.5) is 10.1 Å². The molecule has 0 radical (unpaired) electrons. The zero-order valence-electron chi connectivity index (χ0n) is 13.1. The average molecular weight is 352 g/mol. The molecule has 7 heteroatoms. The highest BCUT2D eigenvalue weighted by Gasteiger charge is 2.11. The number of hydrogen-bond donors (Lipinski definition) is 1. The van der Waals surface area contributed by atoms with Crippen LogP contribution in [-0.2, 0) is 4.79 Å². The summed E-state index contributed by atoms with van der Waals surface area (Å²) in [6.45, 7) is 1.14. The number of hydrogen-bond acceptors (Lipinski definition) is 4. The van der Waals surface area contributed by atoms with Crippen molar-refractivity contribution < 1.29 is 23.5 Å². The lowest BCUT2D eigenvalue weighted by Gasteiger charge is -2.12. The van der Waals surface area contributed by atoms with E-state index in [4.69, 9.17) is 21.1 Å². The van der Waals surface area contributed by atoms with Crippen LogP contribution in [0, 0.1) is 5.82 Å². The van der Waals surface area contributed by atoms with E-state index in [1.807, 2.05) is 0 Å². The number of amides is 1. The van der Waals surface area contributed by atoms with Gasteiger partial charge in [0.2, 0.25) is 0 Å². The first-order chi connectivity index (χ1) is 11.4. The highest BCUT2D eigenvalue weighted by Crippen LogP contribution is 2.28. The van der Waals surface area contributed by atoms with Crippen molar-refractivity contribution in [2.45, 2.75) is 6.92 Å². The highest BCUT2D eigenvalue weighted by atomic mass is 35.5. The van der Waals surface area contributed by atoms with Crippen LogP contribution in [0.5, 0.6) is 11.5 Å². The van der Waals surface area contributed by atoms with Gasteiger partial charge in [0.25, 0.3) is 5.91 Å². The van der Waals surface area contributed by atoms with E-state index < -0.39 is 11.7 Å². The topological polar surface area (TPSA) is 64.6 Å². The number of ether oxygens (including phenoxy) is 2. The van der Waals surface area contributed by atoms with Gasteiger partial charge in [-0.2, -0.15) is 0 Å². The summed E-state index contributed by atoms with van der Waals surface area (Å²) < 4.78 is 23.5. The van der Waals surface area contributed by atoms with Gasteiger partial charge in [-0.05, 0) is 43.3 Å². The number of benzene rings is 2. The van der Waals surface area contributed by atoms with Crippen LogP contribution >= 0.6 is 11.6 Å². The summed E-state index contributed by atoms with van der Waals surface area (Å²) in [7, 11) is 1.43. The van der Waals surface area contributed by atoms with E-state index in [-0.39, 0.29) is 23.1 Å². The van der Waals surface area contributed by atoms with Crippen molar-refractivity contribution in [3.05, 3.63) is 52.8 Å². The quantitative estimate of drug-likeness (QED) is 0.806. The number of methoxy groups -OCH3 is 1. The predicted octanol–water partition coefficient (Wildman–Crippen LogP) is 3.71. The molecule has 2 rings (SSSR count). The minimum absolute atomic E-state index is 0.0896. The van der Waals surface area contributed by atoms with Crippen molar-refractivity contribution >= 4 is 29.0 Å². The molecule has 0 atom stereocenters. The monoisotopic (exact) mass is 351 g/mol. The normalized spacial score (nSPS) is 10.2. The largest absolute Gasteiger partial charge is 0.493 e. The van der Waals surface area contributed by atoms with Crippen LogP contribution < -0.4 is 14.8 Å². The van der Waals surface area contributed by atoms with Crippen molar-refractivity contribution in [1.29, 1.82) is 0 Å². The molecule has 5 nitrogen and oxygen atoms in total. The standard InChI is InChI=1S/C17H15ClFNO4/c1-10(21)11-3-6-15(16(7-11)23-2)24-9-17(22)20-14-5-4-12(19)8-13(14)18/h3-8H,9H2,1-2H3,(H,20,22). The number of carbonyl (C=O) groups is 2. The molecule has 0 aliphatic carbocycles. The number of rotatable bonds is 6. The van der Waals surface area contributed by atoms with Crippen molar-refractivity contribution in [3.8, 4) is 11.5 Å². The molecule has 0 saturated heterocycles. The third-order valence-electron chi connectivity index (χ3n) is 3.13. The second-order valence-electron chi connectivity index (χ2n) is 4.88. The molecule has 0 aliphatic rings. The summed E-state index contributed by atoms with van der Waals surface area (Å²) in [5.74, 6) is -0.410. The van der Waals surface area contributed by atoms with Gasteiger partial charge in [-0.25, -0.2) is 4.39 Å². The predicted molar refractivity (Wildman–Crippen MR) is 88.5 cm³/mol. The van der Waals surface area contributed by atoms with Crippen molar-refractivity contribution in [2.75, 3.05) is 19.0 Å². The van der Waals surface area contributed by atoms with Crippen molar-refractivity contribution in [3.63, 3.8) is 0 Å². The molecular formula is C17H15ClFNO4. The Morgan fingerprint density at radius 1 is 1.17 bits per heavy atom. The lowest BCUT2D eigenvalue weighted by molar-refractivity contribution is -0.118. The molecule has 1 N–H and O–H groups in total. The van der Waals surface area contributed by atoms with Crippen LogP contribution in [0.3, 0.4) is 0 Å². The molecule has 0 aromatic heterocycles. The summed E-state index contributed by atoms with van der Waals surface area (Å²) in [5, 5.41) is 2.61. The van der Waals surface area contributed by atoms with Gasteiger partial charge in [-0.3, -0.25) is 9.59 Å². The molecule has 0 unspecified atom stereocenters. The number of ketones is 1. The van der Waals surface area contributed by atoms with E-state index in [9.17, 15) is 14.0 Å². The zero-order chi connectivity index (χ0) is 17.7.